The lowest BCUT2D eigenvalue weighted by atomic mass is 10.1. The van der Waals surface area contributed by atoms with Gasteiger partial charge >= 0.3 is 0 Å². The molecule has 2 N–H and O–H groups in total. The standard InChI is InChI=1S/C12H18BrNS/c1-3-4-7-15-10-5-6-11(9(2)14)12(13)8-10/h5-6,8-9H,3-4,7,14H2,1-2H3. The number of halogens is 1. The average molecular weight is 288 g/mol. The van der Waals surface area contributed by atoms with Crippen LogP contribution in [0.15, 0.2) is 27.6 Å². The van der Waals surface area contributed by atoms with E-state index in [-0.39, 0.29) is 6.04 Å². The smallest absolute Gasteiger partial charge is 0.0277 e. The van der Waals surface area contributed by atoms with E-state index in [0.717, 1.165) is 4.47 Å². The Bertz CT molecular complexity index is 312. The molecular formula is C12H18BrNS. The van der Waals surface area contributed by atoms with Gasteiger partial charge in [0.15, 0.2) is 0 Å². The van der Waals surface area contributed by atoms with Crippen molar-refractivity contribution in [2.24, 2.45) is 5.73 Å². The molecule has 0 aliphatic heterocycles. The molecule has 0 aliphatic carbocycles. The number of hydrogen-bond donors (Lipinski definition) is 1. The van der Waals surface area contributed by atoms with Gasteiger partial charge in [0, 0.05) is 15.4 Å². The summed E-state index contributed by atoms with van der Waals surface area (Å²) in [5, 5.41) is 0. The maximum atomic E-state index is 5.85. The van der Waals surface area contributed by atoms with Crippen LogP contribution in [-0.4, -0.2) is 5.75 Å². The van der Waals surface area contributed by atoms with Crippen molar-refractivity contribution in [3.05, 3.63) is 28.2 Å². The normalized spacial score (nSPS) is 12.8. The molecular weight excluding hydrogens is 270 g/mol. The average Bonchev–Trinajstić information content (AvgIpc) is 2.17. The summed E-state index contributed by atoms with van der Waals surface area (Å²) in [6.07, 6.45) is 2.53. The molecule has 1 unspecified atom stereocenters. The molecule has 0 aliphatic rings. The van der Waals surface area contributed by atoms with Gasteiger partial charge in [-0.15, -0.1) is 11.8 Å². The van der Waals surface area contributed by atoms with E-state index in [9.17, 15) is 0 Å². The van der Waals surface area contributed by atoms with Crippen molar-refractivity contribution in [1.82, 2.24) is 0 Å². The number of thioether (sulfide) groups is 1. The lowest BCUT2D eigenvalue weighted by molar-refractivity contribution is 0.811. The maximum Gasteiger partial charge on any atom is 0.0277 e. The zero-order valence-electron chi connectivity index (χ0n) is 9.29. The highest BCUT2D eigenvalue weighted by Gasteiger charge is 2.05. The molecule has 0 radical (unpaired) electrons. The summed E-state index contributed by atoms with van der Waals surface area (Å²) < 4.78 is 1.12. The van der Waals surface area contributed by atoms with Crippen LogP contribution in [0.3, 0.4) is 0 Å². The fraction of sp³-hybridized carbons (Fsp3) is 0.500. The molecule has 0 saturated heterocycles. The lowest BCUT2D eigenvalue weighted by Crippen LogP contribution is -2.05. The Balaban J connectivity index is 2.65. The summed E-state index contributed by atoms with van der Waals surface area (Å²) >= 11 is 5.47. The van der Waals surface area contributed by atoms with Crippen molar-refractivity contribution in [1.29, 1.82) is 0 Å². The molecule has 1 aromatic carbocycles. The Labute approximate surface area is 105 Å². The SMILES string of the molecule is CCCCSc1ccc(C(C)N)c(Br)c1. The van der Waals surface area contributed by atoms with Crippen LogP contribution in [0.1, 0.15) is 38.3 Å². The van der Waals surface area contributed by atoms with Crippen LogP contribution in [0.25, 0.3) is 0 Å². The Kier molecular flexibility index (Phi) is 5.72. The molecule has 3 heteroatoms. The third kappa shape index (κ3) is 4.17. The molecule has 0 amide bonds. The fourth-order valence-corrected chi connectivity index (χ4v) is 3.23. The minimum atomic E-state index is 0.0917. The van der Waals surface area contributed by atoms with Gasteiger partial charge in [-0.1, -0.05) is 35.3 Å². The Hall–Kier alpha value is 0.01000. The number of nitrogens with two attached hydrogens (primary N) is 1. The van der Waals surface area contributed by atoms with Gasteiger partial charge < -0.3 is 5.73 Å². The molecule has 1 aromatic rings. The predicted molar refractivity (Wildman–Crippen MR) is 72.4 cm³/mol. The van der Waals surface area contributed by atoms with E-state index in [4.69, 9.17) is 5.73 Å². The van der Waals surface area contributed by atoms with Crippen molar-refractivity contribution in [2.75, 3.05) is 5.75 Å². The molecule has 84 valence electrons. The molecule has 15 heavy (non-hydrogen) atoms. The summed E-state index contributed by atoms with van der Waals surface area (Å²) in [7, 11) is 0. The van der Waals surface area contributed by atoms with E-state index in [0.29, 0.717) is 0 Å². The highest BCUT2D eigenvalue weighted by Crippen LogP contribution is 2.28. The first-order valence-corrected chi connectivity index (χ1v) is 7.10. The van der Waals surface area contributed by atoms with E-state index >= 15 is 0 Å². The summed E-state index contributed by atoms with van der Waals surface area (Å²) in [5.74, 6) is 1.19. The van der Waals surface area contributed by atoms with E-state index in [1.807, 2.05) is 18.7 Å². The third-order valence-electron chi connectivity index (χ3n) is 2.23. The van der Waals surface area contributed by atoms with Crippen molar-refractivity contribution in [3.63, 3.8) is 0 Å². The zero-order chi connectivity index (χ0) is 11.3. The van der Waals surface area contributed by atoms with Gasteiger partial charge in [-0.2, -0.15) is 0 Å². The lowest BCUT2D eigenvalue weighted by Gasteiger charge is -2.10. The van der Waals surface area contributed by atoms with E-state index < -0.39 is 0 Å². The topological polar surface area (TPSA) is 26.0 Å². The van der Waals surface area contributed by atoms with Crippen LogP contribution in [0.5, 0.6) is 0 Å². The second-order valence-corrected chi connectivity index (χ2v) is 5.70. The predicted octanol–water partition coefficient (Wildman–Crippen LogP) is 4.36. The molecule has 0 bridgehead atoms. The van der Waals surface area contributed by atoms with Crippen molar-refractivity contribution < 1.29 is 0 Å². The van der Waals surface area contributed by atoms with Gasteiger partial charge in [0.1, 0.15) is 0 Å². The Morgan fingerprint density at radius 3 is 2.73 bits per heavy atom. The molecule has 0 heterocycles. The second kappa shape index (κ2) is 6.56. The van der Waals surface area contributed by atoms with E-state index in [1.165, 1.54) is 29.1 Å². The monoisotopic (exact) mass is 287 g/mol. The minimum absolute atomic E-state index is 0.0917. The largest absolute Gasteiger partial charge is 0.324 e. The van der Waals surface area contributed by atoms with Gasteiger partial charge in [0.25, 0.3) is 0 Å². The number of rotatable bonds is 5. The Morgan fingerprint density at radius 1 is 1.47 bits per heavy atom. The van der Waals surface area contributed by atoms with Crippen molar-refractivity contribution in [3.8, 4) is 0 Å². The first kappa shape index (κ1) is 13.1. The van der Waals surface area contributed by atoms with Crippen LogP contribution in [0.2, 0.25) is 0 Å². The molecule has 1 rings (SSSR count). The summed E-state index contributed by atoms with van der Waals surface area (Å²) in [6, 6.07) is 6.53. The quantitative estimate of drug-likeness (QED) is 0.643. The van der Waals surface area contributed by atoms with Gasteiger partial charge in [0.2, 0.25) is 0 Å². The molecule has 0 aromatic heterocycles. The minimum Gasteiger partial charge on any atom is -0.324 e. The number of hydrogen-bond acceptors (Lipinski definition) is 2. The van der Waals surface area contributed by atoms with Crippen LogP contribution in [0, 0.1) is 0 Å². The summed E-state index contributed by atoms with van der Waals surface area (Å²) in [4.78, 5) is 1.32. The fourth-order valence-electron chi connectivity index (χ4n) is 1.30. The van der Waals surface area contributed by atoms with Gasteiger partial charge in [-0.3, -0.25) is 0 Å². The first-order valence-electron chi connectivity index (χ1n) is 5.33. The maximum absolute atomic E-state index is 5.85. The number of benzene rings is 1. The van der Waals surface area contributed by atoms with Crippen LogP contribution in [0.4, 0.5) is 0 Å². The Morgan fingerprint density at radius 2 is 2.20 bits per heavy atom. The summed E-state index contributed by atoms with van der Waals surface area (Å²) in [6.45, 7) is 4.22. The first-order chi connectivity index (χ1) is 7.15. The molecule has 1 nitrogen and oxygen atoms in total. The van der Waals surface area contributed by atoms with Crippen LogP contribution < -0.4 is 5.73 Å². The highest BCUT2D eigenvalue weighted by molar-refractivity contribution is 9.10. The van der Waals surface area contributed by atoms with Gasteiger partial charge in [0.05, 0.1) is 0 Å². The third-order valence-corrected chi connectivity index (χ3v) is 4.00. The summed E-state index contributed by atoms with van der Waals surface area (Å²) in [5.41, 5.74) is 7.03. The number of unbranched alkanes of at least 4 members (excludes halogenated alkanes) is 1. The molecule has 0 fully saturated rings. The van der Waals surface area contributed by atoms with E-state index in [2.05, 4.69) is 41.1 Å². The van der Waals surface area contributed by atoms with Gasteiger partial charge in [-0.05, 0) is 36.8 Å². The molecule has 0 spiro atoms. The van der Waals surface area contributed by atoms with Crippen molar-refractivity contribution in [2.45, 2.75) is 37.6 Å². The zero-order valence-corrected chi connectivity index (χ0v) is 11.7. The van der Waals surface area contributed by atoms with E-state index in [1.54, 1.807) is 0 Å². The molecule has 1 atom stereocenters. The highest BCUT2D eigenvalue weighted by atomic mass is 79.9. The second-order valence-electron chi connectivity index (χ2n) is 3.67. The van der Waals surface area contributed by atoms with Crippen LogP contribution >= 0.6 is 27.7 Å². The molecule has 0 saturated carbocycles. The van der Waals surface area contributed by atoms with Gasteiger partial charge in [-0.25, -0.2) is 0 Å². The van der Waals surface area contributed by atoms with Crippen molar-refractivity contribution >= 4 is 27.7 Å². The van der Waals surface area contributed by atoms with Crippen LogP contribution in [-0.2, 0) is 0 Å².